The lowest BCUT2D eigenvalue weighted by atomic mass is 9.83. The second-order valence-electron chi connectivity index (χ2n) is 7.08. The Hall–Kier alpha value is -3.45. The monoisotopic (exact) mass is 519 g/mol. The normalized spacial score (nSPS) is 15.8. The van der Waals surface area contributed by atoms with Crippen LogP contribution in [0.25, 0.3) is 17.5 Å². The molecule has 2 heterocycles. The fourth-order valence-corrected chi connectivity index (χ4v) is 5.35. The van der Waals surface area contributed by atoms with Gasteiger partial charge in [0.25, 0.3) is 5.56 Å². The molecule has 0 saturated carbocycles. The second kappa shape index (κ2) is 9.06. The van der Waals surface area contributed by atoms with Crippen molar-refractivity contribution in [3.63, 3.8) is 0 Å². The minimum Gasteiger partial charge on any atom is -0.466 e. The van der Waals surface area contributed by atoms with Crippen LogP contribution in [0.15, 0.2) is 46.8 Å². The molecule has 2 N–H and O–H groups in total. The molecule has 1 aliphatic heterocycles. The van der Waals surface area contributed by atoms with E-state index in [0.29, 0.717) is 0 Å². The van der Waals surface area contributed by atoms with Gasteiger partial charge < -0.3 is 10.5 Å². The molecule has 0 spiro atoms. The van der Waals surface area contributed by atoms with E-state index in [4.69, 9.17) is 33.7 Å². The number of ether oxygens (including phenoxy) is 1. The van der Waals surface area contributed by atoms with Gasteiger partial charge in [-0.3, -0.25) is 9.36 Å². The number of nitrogens with two attached hydrogens (primary N) is 1. The van der Waals surface area contributed by atoms with Crippen LogP contribution in [0.3, 0.4) is 0 Å². The highest BCUT2D eigenvalue weighted by atomic mass is 35.5. The topological polar surface area (TPSA) is 98.1 Å². The molecule has 4 rings (SSSR count). The summed E-state index contributed by atoms with van der Waals surface area (Å²) in [6.07, 6.45) is 1.22. The lowest BCUT2D eigenvalue weighted by molar-refractivity contribution is -0.134. The molecule has 1 unspecified atom stereocenters. The number of nitrogens with zero attached hydrogens (tertiary/aromatic N) is 2. The Bertz CT molecular complexity index is 1580. The van der Waals surface area contributed by atoms with Gasteiger partial charge in [0.05, 0.1) is 39.8 Å². The van der Waals surface area contributed by atoms with Crippen LogP contribution in [0.4, 0.5) is 8.78 Å². The molecule has 6 nitrogen and oxygen atoms in total. The molecule has 1 aliphatic rings. The fraction of sp³-hybridized carbons (Fsp3) is 0.0870. The van der Waals surface area contributed by atoms with E-state index in [-0.39, 0.29) is 47.3 Å². The van der Waals surface area contributed by atoms with Gasteiger partial charge in [-0.2, -0.15) is 5.26 Å². The minimum absolute atomic E-state index is 0.00335. The van der Waals surface area contributed by atoms with Gasteiger partial charge in [0.15, 0.2) is 0 Å². The van der Waals surface area contributed by atoms with Gasteiger partial charge >= 0.3 is 5.97 Å². The number of aromatic nitrogens is 1. The maximum absolute atomic E-state index is 14.9. The quantitative estimate of drug-likeness (QED) is 0.536. The number of hydrogen-bond donors (Lipinski definition) is 1. The zero-order chi connectivity index (χ0) is 24.7. The van der Waals surface area contributed by atoms with Crippen LogP contribution in [-0.2, 0) is 9.53 Å². The number of halogens is 4. The maximum atomic E-state index is 14.9. The summed E-state index contributed by atoms with van der Waals surface area (Å²) in [7, 11) is 1.10. The number of esters is 1. The highest BCUT2D eigenvalue weighted by molar-refractivity contribution is 7.07. The Kier molecular flexibility index (Phi) is 6.32. The van der Waals surface area contributed by atoms with Gasteiger partial charge in [0.1, 0.15) is 22.1 Å². The first-order valence-corrected chi connectivity index (χ1v) is 11.1. The molecule has 1 atom stereocenters. The molecule has 0 aliphatic carbocycles. The second-order valence-corrected chi connectivity index (χ2v) is 8.92. The smallest absolute Gasteiger partial charge is 0.337 e. The number of rotatable bonds is 3. The van der Waals surface area contributed by atoms with Crippen molar-refractivity contribution in [1.82, 2.24) is 4.57 Å². The summed E-state index contributed by atoms with van der Waals surface area (Å²) >= 11 is 13.1. The molecule has 11 heteroatoms. The van der Waals surface area contributed by atoms with Gasteiger partial charge in [-0.15, -0.1) is 11.3 Å². The van der Waals surface area contributed by atoms with E-state index in [1.54, 1.807) is 0 Å². The van der Waals surface area contributed by atoms with Gasteiger partial charge in [-0.25, -0.2) is 13.6 Å². The lowest BCUT2D eigenvalue weighted by Gasteiger charge is -2.25. The Balaban J connectivity index is 2.18. The van der Waals surface area contributed by atoms with Crippen LogP contribution in [0.5, 0.6) is 0 Å². The third-order valence-electron chi connectivity index (χ3n) is 5.24. The van der Waals surface area contributed by atoms with Crippen molar-refractivity contribution in [2.75, 3.05) is 7.11 Å². The molecule has 0 fully saturated rings. The van der Waals surface area contributed by atoms with E-state index in [1.807, 2.05) is 6.07 Å². The van der Waals surface area contributed by atoms with Crippen molar-refractivity contribution < 1.29 is 18.3 Å². The Labute approximate surface area is 205 Å². The predicted octanol–water partition coefficient (Wildman–Crippen LogP) is 3.10. The number of fused-ring (bicyclic) bond motifs is 1. The van der Waals surface area contributed by atoms with Crippen molar-refractivity contribution in [3.8, 4) is 6.07 Å². The zero-order valence-electron chi connectivity index (χ0n) is 17.2. The van der Waals surface area contributed by atoms with Gasteiger partial charge in [0, 0.05) is 16.1 Å². The largest absolute Gasteiger partial charge is 0.466 e. The lowest BCUT2D eigenvalue weighted by Crippen LogP contribution is -2.40. The average molecular weight is 520 g/mol. The number of methoxy groups -OCH3 is 1. The van der Waals surface area contributed by atoms with Crippen LogP contribution >= 0.6 is 34.5 Å². The SMILES string of the molecule is COC(=O)C1=c2sc(=Cc3c(F)cccc3Cl)c(=O)n2C(N)=C(C#N)C1c1c(F)cccc1Cl. The Morgan fingerprint density at radius 2 is 1.85 bits per heavy atom. The third-order valence-corrected chi connectivity index (χ3v) is 7.00. The number of allylic oxidation sites excluding steroid dienone is 1. The molecule has 1 aromatic heterocycles. The summed E-state index contributed by atoms with van der Waals surface area (Å²) in [5, 5.41) is 9.88. The first kappa shape index (κ1) is 23.7. The molecule has 0 radical (unpaired) electrons. The van der Waals surface area contributed by atoms with Crippen molar-refractivity contribution >= 4 is 58.0 Å². The van der Waals surface area contributed by atoms with Crippen molar-refractivity contribution in [2.45, 2.75) is 5.92 Å². The maximum Gasteiger partial charge on any atom is 0.337 e. The number of thiazole rings is 1. The molecule has 172 valence electrons. The number of nitriles is 1. The molecular formula is C23H13Cl2F2N3O3S. The molecule has 0 bridgehead atoms. The van der Waals surface area contributed by atoms with Crippen LogP contribution in [0.1, 0.15) is 17.0 Å². The fourth-order valence-electron chi connectivity index (χ4n) is 3.71. The summed E-state index contributed by atoms with van der Waals surface area (Å²) in [5.74, 6) is -4.02. The third kappa shape index (κ3) is 3.70. The van der Waals surface area contributed by atoms with Crippen molar-refractivity contribution in [2.24, 2.45) is 5.73 Å². The Morgan fingerprint density at radius 3 is 2.44 bits per heavy atom. The van der Waals surface area contributed by atoms with Crippen LogP contribution in [0, 0.1) is 23.0 Å². The van der Waals surface area contributed by atoms with Gasteiger partial charge in [-0.1, -0.05) is 35.3 Å². The van der Waals surface area contributed by atoms with Gasteiger partial charge in [-0.05, 0) is 30.3 Å². The zero-order valence-corrected chi connectivity index (χ0v) is 19.6. The van der Waals surface area contributed by atoms with E-state index in [1.165, 1.54) is 36.4 Å². The number of benzene rings is 2. The Morgan fingerprint density at radius 1 is 1.21 bits per heavy atom. The van der Waals surface area contributed by atoms with Crippen molar-refractivity contribution in [3.05, 3.63) is 94.3 Å². The number of hydrogen-bond acceptors (Lipinski definition) is 6. The first-order valence-electron chi connectivity index (χ1n) is 9.55. The summed E-state index contributed by atoms with van der Waals surface area (Å²) in [6, 6.07) is 9.79. The van der Waals surface area contributed by atoms with E-state index in [2.05, 4.69) is 0 Å². The summed E-state index contributed by atoms with van der Waals surface area (Å²) in [4.78, 5) is 26.1. The van der Waals surface area contributed by atoms with E-state index in [9.17, 15) is 23.6 Å². The standard InChI is InChI=1S/C23H13Cl2F2N3O3S/c1-33-23(32)19-17(18-13(25)5-3-7-15(18)27)11(9-28)20(29)30-21(31)16(34-22(19)30)8-10-12(24)4-2-6-14(10)26/h2-8,17H,29H2,1H3. The molecule has 3 aromatic rings. The van der Waals surface area contributed by atoms with Crippen LogP contribution in [-0.4, -0.2) is 17.6 Å². The molecule has 0 amide bonds. The predicted molar refractivity (Wildman–Crippen MR) is 125 cm³/mol. The minimum atomic E-state index is -1.34. The highest BCUT2D eigenvalue weighted by Gasteiger charge is 2.38. The average Bonchev–Trinajstić information content (AvgIpc) is 3.12. The molecule has 34 heavy (non-hydrogen) atoms. The summed E-state index contributed by atoms with van der Waals surface area (Å²) in [5.41, 5.74) is 4.78. The number of carbonyl (C=O) groups excluding carboxylic acids is 1. The molecule has 2 aromatic carbocycles. The summed E-state index contributed by atoms with van der Waals surface area (Å²) in [6.45, 7) is 0. The molecular weight excluding hydrogens is 507 g/mol. The summed E-state index contributed by atoms with van der Waals surface area (Å²) < 4.78 is 35.1. The van der Waals surface area contributed by atoms with Crippen LogP contribution < -0.4 is 20.5 Å². The number of carbonyl (C=O) groups is 1. The first-order chi connectivity index (χ1) is 16.2. The van der Waals surface area contributed by atoms with E-state index >= 15 is 0 Å². The van der Waals surface area contributed by atoms with Crippen molar-refractivity contribution in [1.29, 1.82) is 5.26 Å². The van der Waals surface area contributed by atoms with E-state index < -0.39 is 29.1 Å². The molecule has 0 saturated heterocycles. The highest BCUT2D eigenvalue weighted by Crippen LogP contribution is 2.40. The van der Waals surface area contributed by atoms with Crippen LogP contribution in [0.2, 0.25) is 10.0 Å². The van der Waals surface area contributed by atoms with E-state index in [0.717, 1.165) is 29.1 Å². The van der Waals surface area contributed by atoms with Gasteiger partial charge in [0.2, 0.25) is 0 Å².